The van der Waals surface area contributed by atoms with E-state index in [2.05, 4.69) is 5.32 Å². The lowest BCUT2D eigenvalue weighted by Crippen LogP contribution is -2.37. The van der Waals surface area contributed by atoms with Gasteiger partial charge in [-0.3, -0.25) is 4.79 Å². The fourth-order valence-corrected chi connectivity index (χ4v) is 2.32. The van der Waals surface area contributed by atoms with Crippen molar-refractivity contribution in [1.82, 2.24) is 0 Å². The molecule has 0 fully saturated rings. The summed E-state index contributed by atoms with van der Waals surface area (Å²) in [5, 5.41) is 3.31. The number of nitrogens with one attached hydrogen (secondary N) is 1. The second kappa shape index (κ2) is 7.14. The summed E-state index contributed by atoms with van der Waals surface area (Å²) >= 11 is 5.68. The van der Waals surface area contributed by atoms with Crippen LogP contribution in [0.15, 0.2) is 54.6 Å². The molecule has 21 heavy (non-hydrogen) atoms. The Morgan fingerprint density at radius 1 is 1.05 bits per heavy atom. The van der Waals surface area contributed by atoms with Crippen LogP contribution in [0.4, 0.5) is 17.1 Å². The van der Waals surface area contributed by atoms with E-state index in [1.165, 1.54) is 0 Å². The van der Waals surface area contributed by atoms with Crippen molar-refractivity contribution in [2.75, 3.05) is 16.1 Å². The van der Waals surface area contributed by atoms with E-state index in [-0.39, 0.29) is 17.8 Å². The summed E-state index contributed by atoms with van der Waals surface area (Å²) in [6, 6.07) is 17.8. The van der Waals surface area contributed by atoms with Crippen LogP contribution in [-0.2, 0) is 4.79 Å². The number of hydrogen-bond donors (Lipinski definition) is 1. The number of hydrogen-bond acceptors (Lipinski definition) is 2. The molecule has 0 aliphatic rings. The van der Waals surface area contributed by atoms with Crippen LogP contribution in [0.5, 0.6) is 0 Å². The number of carbonyl (C=O) groups is 1. The minimum atomic E-state index is -0.0876. The highest BCUT2D eigenvalue weighted by molar-refractivity contribution is 6.29. The zero-order valence-corrected chi connectivity index (χ0v) is 13.0. The van der Waals surface area contributed by atoms with Crippen LogP contribution in [0.1, 0.15) is 13.8 Å². The monoisotopic (exact) mass is 302 g/mol. The molecule has 2 aromatic rings. The predicted molar refractivity (Wildman–Crippen MR) is 89.5 cm³/mol. The van der Waals surface area contributed by atoms with Crippen LogP contribution in [0.2, 0.25) is 0 Å². The molecule has 2 rings (SSSR count). The molecule has 2 aromatic carbocycles. The third-order valence-corrected chi connectivity index (χ3v) is 3.34. The molecule has 0 unspecified atom stereocenters. The molecule has 0 aromatic heterocycles. The molecule has 110 valence electrons. The van der Waals surface area contributed by atoms with Crippen molar-refractivity contribution < 1.29 is 4.79 Å². The molecule has 0 spiro atoms. The Morgan fingerprint density at radius 3 is 2.14 bits per heavy atom. The first-order valence-electron chi connectivity index (χ1n) is 6.92. The zero-order chi connectivity index (χ0) is 15.2. The summed E-state index contributed by atoms with van der Waals surface area (Å²) < 4.78 is 0. The lowest BCUT2D eigenvalue weighted by Gasteiger charge is -2.26. The molecule has 4 heteroatoms. The summed E-state index contributed by atoms with van der Waals surface area (Å²) in [7, 11) is 0. The van der Waals surface area contributed by atoms with E-state index in [0.29, 0.717) is 0 Å². The van der Waals surface area contributed by atoms with Crippen molar-refractivity contribution in [1.29, 1.82) is 0 Å². The Hall–Kier alpha value is -2.00. The number of carbonyl (C=O) groups excluding carboxylic acids is 1. The number of para-hydroxylation sites is 1. The van der Waals surface area contributed by atoms with Gasteiger partial charge in [-0.05, 0) is 50.2 Å². The molecule has 0 aliphatic heterocycles. The average molecular weight is 303 g/mol. The van der Waals surface area contributed by atoms with Crippen LogP contribution in [-0.4, -0.2) is 17.8 Å². The SMILES string of the molecule is CC(C)N(C(=O)CCl)c1ccc(Nc2ccccc2)cc1. The van der Waals surface area contributed by atoms with Crippen molar-refractivity contribution in [2.45, 2.75) is 19.9 Å². The van der Waals surface area contributed by atoms with E-state index in [1.807, 2.05) is 68.4 Å². The lowest BCUT2D eigenvalue weighted by atomic mass is 10.2. The topological polar surface area (TPSA) is 32.3 Å². The van der Waals surface area contributed by atoms with E-state index < -0.39 is 0 Å². The lowest BCUT2D eigenvalue weighted by molar-refractivity contribution is -0.116. The third-order valence-electron chi connectivity index (χ3n) is 3.11. The Kier molecular flexibility index (Phi) is 5.23. The number of amides is 1. The van der Waals surface area contributed by atoms with E-state index in [4.69, 9.17) is 11.6 Å². The quantitative estimate of drug-likeness (QED) is 0.830. The number of nitrogens with zero attached hydrogens (tertiary/aromatic N) is 1. The van der Waals surface area contributed by atoms with Crippen molar-refractivity contribution in [2.24, 2.45) is 0 Å². The molecule has 3 nitrogen and oxygen atoms in total. The smallest absolute Gasteiger partial charge is 0.242 e. The first kappa shape index (κ1) is 15.4. The van der Waals surface area contributed by atoms with Gasteiger partial charge in [-0.1, -0.05) is 18.2 Å². The van der Waals surface area contributed by atoms with Crippen LogP contribution >= 0.6 is 11.6 Å². The number of benzene rings is 2. The van der Waals surface area contributed by atoms with Gasteiger partial charge in [0.2, 0.25) is 5.91 Å². The van der Waals surface area contributed by atoms with Gasteiger partial charge in [0.05, 0.1) is 0 Å². The van der Waals surface area contributed by atoms with Gasteiger partial charge in [0, 0.05) is 23.1 Å². The Morgan fingerprint density at radius 2 is 1.62 bits per heavy atom. The Balaban J connectivity index is 2.16. The number of halogens is 1. The molecule has 1 N–H and O–H groups in total. The molecule has 0 bridgehead atoms. The summed E-state index contributed by atoms with van der Waals surface area (Å²) in [5.41, 5.74) is 2.86. The standard InChI is InChI=1S/C17H19ClN2O/c1-13(2)20(17(21)12-18)16-10-8-15(9-11-16)19-14-6-4-3-5-7-14/h3-11,13,19H,12H2,1-2H3. The second-order valence-corrected chi connectivity index (χ2v) is 5.30. The van der Waals surface area contributed by atoms with Crippen molar-refractivity contribution >= 4 is 34.6 Å². The summed E-state index contributed by atoms with van der Waals surface area (Å²) in [4.78, 5) is 13.6. The molecule has 0 atom stereocenters. The predicted octanol–water partition coefficient (Wildman–Crippen LogP) is 4.41. The average Bonchev–Trinajstić information content (AvgIpc) is 2.49. The van der Waals surface area contributed by atoms with Crippen LogP contribution in [0.25, 0.3) is 0 Å². The van der Waals surface area contributed by atoms with Gasteiger partial charge >= 0.3 is 0 Å². The zero-order valence-electron chi connectivity index (χ0n) is 12.2. The maximum absolute atomic E-state index is 11.9. The minimum Gasteiger partial charge on any atom is -0.356 e. The van der Waals surface area contributed by atoms with E-state index >= 15 is 0 Å². The molecule has 0 radical (unpaired) electrons. The molecular weight excluding hydrogens is 284 g/mol. The van der Waals surface area contributed by atoms with Crippen LogP contribution < -0.4 is 10.2 Å². The molecular formula is C17H19ClN2O. The molecule has 0 heterocycles. The minimum absolute atomic E-state index is 0.0117. The van der Waals surface area contributed by atoms with Gasteiger partial charge in [0.1, 0.15) is 5.88 Å². The number of rotatable bonds is 5. The maximum Gasteiger partial charge on any atom is 0.242 e. The van der Waals surface area contributed by atoms with E-state index in [9.17, 15) is 4.79 Å². The molecule has 1 amide bonds. The Labute approximate surface area is 130 Å². The molecule has 0 saturated heterocycles. The van der Waals surface area contributed by atoms with Crippen molar-refractivity contribution in [3.8, 4) is 0 Å². The first-order chi connectivity index (χ1) is 10.1. The van der Waals surface area contributed by atoms with Crippen molar-refractivity contribution in [3.05, 3.63) is 54.6 Å². The highest BCUT2D eigenvalue weighted by atomic mass is 35.5. The third kappa shape index (κ3) is 3.99. The summed E-state index contributed by atoms with van der Waals surface area (Å²) in [6.07, 6.45) is 0. The van der Waals surface area contributed by atoms with Gasteiger partial charge in [-0.25, -0.2) is 0 Å². The number of anilines is 3. The summed E-state index contributed by atoms with van der Waals surface area (Å²) in [6.45, 7) is 3.95. The largest absolute Gasteiger partial charge is 0.356 e. The van der Waals surface area contributed by atoms with Crippen molar-refractivity contribution in [3.63, 3.8) is 0 Å². The fraction of sp³-hybridized carbons (Fsp3) is 0.235. The van der Waals surface area contributed by atoms with Gasteiger partial charge in [0.25, 0.3) is 0 Å². The Bertz CT molecular complexity index is 581. The highest BCUT2D eigenvalue weighted by Gasteiger charge is 2.17. The second-order valence-electron chi connectivity index (χ2n) is 5.03. The normalized spacial score (nSPS) is 10.5. The number of alkyl halides is 1. The van der Waals surface area contributed by atoms with Crippen LogP contribution in [0, 0.1) is 0 Å². The van der Waals surface area contributed by atoms with E-state index in [0.717, 1.165) is 17.1 Å². The summed E-state index contributed by atoms with van der Waals surface area (Å²) in [5.74, 6) is -0.0993. The molecule has 0 aliphatic carbocycles. The van der Waals surface area contributed by atoms with E-state index in [1.54, 1.807) is 4.90 Å². The van der Waals surface area contributed by atoms with Gasteiger partial charge < -0.3 is 10.2 Å². The van der Waals surface area contributed by atoms with Gasteiger partial charge in [-0.2, -0.15) is 0 Å². The highest BCUT2D eigenvalue weighted by Crippen LogP contribution is 2.22. The molecule has 0 saturated carbocycles. The first-order valence-corrected chi connectivity index (χ1v) is 7.45. The van der Waals surface area contributed by atoms with Gasteiger partial charge in [0.15, 0.2) is 0 Å². The maximum atomic E-state index is 11.9. The fourth-order valence-electron chi connectivity index (χ4n) is 2.19. The van der Waals surface area contributed by atoms with Crippen LogP contribution in [0.3, 0.4) is 0 Å². The van der Waals surface area contributed by atoms with Gasteiger partial charge in [-0.15, -0.1) is 11.6 Å².